The summed E-state index contributed by atoms with van der Waals surface area (Å²) in [5, 5.41) is -0.0289. The summed E-state index contributed by atoms with van der Waals surface area (Å²) in [5.74, 6) is -0.418. The number of ketones is 1. The lowest BCUT2D eigenvalue weighted by molar-refractivity contribution is 0.104. The van der Waals surface area contributed by atoms with Crippen LogP contribution in [0, 0.1) is 0 Å². The molecule has 18 heavy (non-hydrogen) atoms. The predicted molar refractivity (Wildman–Crippen MR) is 70.7 cm³/mol. The number of hydrogen-bond acceptors (Lipinski definition) is 3. The van der Waals surface area contributed by atoms with Gasteiger partial charge in [0, 0.05) is 11.1 Å². The zero-order chi connectivity index (χ0) is 13.3. The largest absolute Gasteiger partial charge is 0.288 e. The summed E-state index contributed by atoms with van der Waals surface area (Å²) in [4.78, 5) is 11.8. The summed E-state index contributed by atoms with van der Waals surface area (Å²) in [6.07, 6.45) is 1.29. The highest BCUT2D eigenvalue weighted by Gasteiger charge is 2.23. The first-order valence-corrected chi connectivity index (χ1v) is 7.27. The topological polar surface area (TPSA) is 63.6 Å². The highest BCUT2D eigenvalue weighted by Crippen LogP contribution is 2.24. The van der Waals surface area contributed by atoms with E-state index in [1.807, 2.05) is 0 Å². The molecule has 6 heteroatoms. The first-order valence-electron chi connectivity index (χ1n) is 5.28. The Balaban J connectivity index is 2.67. The number of halogens is 1. The van der Waals surface area contributed by atoms with Crippen molar-refractivity contribution in [2.45, 2.75) is 6.92 Å². The first kappa shape index (κ1) is 13.0. The summed E-state index contributed by atoms with van der Waals surface area (Å²) in [5.41, 5.74) is 1.07. The van der Waals surface area contributed by atoms with Crippen LogP contribution in [0.1, 0.15) is 22.8 Å². The van der Waals surface area contributed by atoms with E-state index >= 15 is 0 Å². The highest BCUT2D eigenvalue weighted by molar-refractivity contribution is 7.90. The maximum absolute atomic E-state index is 11.8. The third kappa shape index (κ3) is 2.37. The molecule has 0 heterocycles. The minimum absolute atomic E-state index is 0.0289. The molecule has 1 aliphatic carbocycles. The summed E-state index contributed by atoms with van der Waals surface area (Å²) in [6.45, 7) is 1.50. The van der Waals surface area contributed by atoms with Crippen LogP contribution in [0.4, 0.5) is 0 Å². The molecule has 2 rings (SSSR count). The van der Waals surface area contributed by atoms with Gasteiger partial charge in [0.05, 0.1) is 16.5 Å². The molecule has 0 saturated heterocycles. The van der Waals surface area contributed by atoms with Gasteiger partial charge in [0.15, 0.2) is 0 Å². The van der Waals surface area contributed by atoms with Gasteiger partial charge in [0.2, 0.25) is 5.78 Å². The molecule has 0 unspecified atom stereocenters. The number of carbonyl (C=O) groups excluding carboxylic acids is 1. The summed E-state index contributed by atoms with van der Waals surface area (Å²) < 4.78 is 26.7. The number of nitrogens with zero attached hydrogens (tertiary/aromatic N) is 1. The van der Waals surface area contributed by atoms with Gasteiger partial charge in [-0.05, 0) is 13.0 Å². The Morgan fingerprint density at radius 2 is 1.83 bits per heavy atom. The monoisotopic (exact) mass is 283 g/mol. The molecule has 0 fully saturated rings. The van der Waals surface area contributed by atoms with Crippen molar-refractivity contribution < 1.29 is 13.2 Å². The normalized spacial score (nSPS) is 17.6. The van der Waals surface area contributed by atoms with Crippen molar-refractivity contribution in [2.24, 2.45) is 4.40 Å². The number of benzene rings is 1. The quantitative estimate of drug-likeness (QED) is 0.835. The Morgan fingerprint density at radius 3 is 2.44 bits per heavy atom. The number of allylic oxidation sites excluding steroid dienone is 2. The minimum atomic E-state index is -3.53. The van der Waals surface area contributed by atoms with Gasteiger partial charge >= 0.3 is 0 Å². The van der Waals surface area contributed by atoms with Crippen molar-refractivity contribution in [3.63, 3.8) is 0 Å². The number of Topliss-reactive ketones (excluding diaryl/α,β-unsaturated/α-hetero) is 1. The van der Waals surface area contributed by atoms with Gasteiger partial charge in [0.1, 0.15) is 0 Å². The predicted octanol–water partition coefficient (Wildman–Crippen LogP) is 2.14. The molecule has 4 nitrogen and oxygen atoms in total. The van der Waals surface area contributed by atoms with E-state index < -0.39 is 10.0 Å². The summed E-state index contributed by atoms with van der Waals surface area (Å²) in [6, 6.07) is 6.66. The van der Waals surface area contributed by atoms with Crippen LogP contribution in [-0.2, 0) is 10.0 Å². The van der Waals surface area contributed by atoms with Crippen molar-refractivity contribution in [2.75, 3.05) is 5.75 Å². The van der Waals surface area contributed by atoms with Crippen LogP contribution in [0.25, 0.3) is 0 Å². The SMILES string of the molecule is CCS(=O)(=O)/N=C1\C=C(Cl)C(=O)c2ccccc21. The molecule has 0 atom stereocenters. The van der Waals surface area contributed by atoms with Crippen LogP contribution in [0.15, 0.2) is 39.8 Å². The lowest BCUT2D eigenvalue weighted by Gasteiger charge is -2.13. The van der Waals surface area contributed by atoms with Crippen LogP contribution in [0.5, 0.6) is 0 Å². The average molecular weight is 284 g/mol. The van der Waals surface area contributed by atoms with Gasteiger partial charge in [-0.15, -0.1) is 0 Å². The maximum Gasteiger partial charge on any atom is 0.253 e. The van der Waals surface area contributed by atoms with Crippen LogP contribution in [0.3, 0.4) is 0 Å². The van der Waals surface area contributed by atoms with E-state index in [1.54, 1.807) is 24.3 Å². The van der Waals surface area contributed by atoms with Crippen molar-refractivity contribution in [1.82, 2.24) is 0 Å². The third-order valence-corrected chi connectivity index (χ3v) is 4.02. The van der Waals surface area contributed by atoms with Crippen molar-refractivity contribution in [3.05, 3.63) is 46.5 Å². The van der Waals surface area contributed by atoms with Crippen molar-refractivity contribution >= 4 is 33.1 Å². The maximum atomic E-state index is 11.8. The van der Waals surface area contributed by atoms with Gasteiger partial charge < -0.3 is 0 Å². The molecule has 1 aromatic rings. The first-order chi connectivity index (χ1) is 8.44. The second-order valence-corrected chi connectivity index (χ2v) is 6.05. The second kappa shape index (κ2) is 4.66. The number of carbonyl (C=O) groups is 1. The molecule has 0 bridgehead atoms. The molecule has 0 aromatic heterocycles. The van der Waals surface area contributed by atoms with E-state index in [1.165, 1.54) is 13.0 Å². The summed E-state index contributed by atoms with van der Waals surface area (Å²) in [7, 11) is -3.53. The van der Waals surface area contributed by atoms with Crippen LogP contribution in [0.2, 0.25) is 0 Å². The van der Waals surface area contributed by atoms with E-state index in [2.05, 4.69) is 4.40 Å². The van der Waals surface area contributed by atoms with Crippen LogP contribution < -0.4 is 0 Å². The van der Waals surface area contributed by atoms with Crippen molar-refractivity contribution in [3.8, 4) is 0 Å². The van der Waals surface area contributed by atoms with E-state index in [4.69, 9.17) is 11.6 Å². The van der Waals surface area contributed by atoms with E-state index in [0.29, 0.717) is 11.1 Å². The fraction of sp³-hybridized carbons (Fsp3) is 0.167. The molecule has 0 aliphatic heterocycles. The van der Waals surface area contributed by atoms with E-state index in [9.17, 15) is 13.2 Å². The molecular formula is C12H10ClNO3S. The zero-order valence-electron chi connectivity index (χ0n) is 9.55. The molecule has 0 saturated carbocycles. The fourth-order valence-electron chi connectivity index (χ4n) is 1.59. The molecule has 0 radical (unpaired) electrons. The highest BCUT2D eigenvalue weighted by atomic mass is 35.5. The lowest BCUT2D eigenvalue weighted by atomic mass is 9.94. The van der Waals surface area contributed by atoms with Crippen molar-refractivity contribution in [1.29, 1.82) is 0 Å². The van der Waals surface area contributed by atoms with Gasteiger partial charge in [-0.3, -0.25) is 4.79 Å². The Labute approximate surface area is 110 Å². The Morgan fingerprint density at radius 1 is 1.22 bits per heavy atom. The number of sulfonamides is 1. The van der Waals surface area contributed by atoms with Gasteiger partial charge in [-0.2, -0.15) is 4.40 Å². The Kier molecular flexibility index (Phi) is 3.36. The molecular weight excluding hydrogens is 274 g/mol. The van der Waals surface area contributed by atoms with E-state index in [-0.39, 0.29) is 22.3 Å². The number of fused-ring (bicyclic) bond motifs is 1. The second-order valence-electron chi connectivity index (χ2n) is 3.71. The number of hydrogen-bond donors (Lipinski definition) is 0. The molecule has 0 amide bonds. The molecule has 1 aliphatic rings. The fourth-order valence-corrected chi connectivity index (χ4v) is 2.37. The molecule has 0 spiro atoms. The van der Waals surface area contributed by atoms with Gasteiger partial charge in [0.25, 0.3) is 10.0 Å². The number of rotatable bonds is 2. The Bertz CT molecular complexity index is 674. The minimum Gasteiger partial charge on any atom is -0.288 e. The third-order valence-electron chi connectivity index (χ3n) is 2.53. The Hall–Kier alpha value is -1.46. The van der Waals surface area contributed by atoms with Gasteiger partial charge in [-0.25, -0.2) is 8.42 Å². The zero-order valence-corrected chi connectivity index (χ0v) is 11.1. The average Bonchev–Trinajstić information content (AvgIpc) is 2.35. The lowest BCUT2D eigenvalue weighted by Crippen LogP contribution is -2.16. The molecule has 0 N–H and O–H groups in total. The molecule has 1 aromatic carbocycles. The van der Waals surface area contributed by atoms with E-state index in [0.717, 1.165) is 0 Å². The van der Waals surface area contributed by atoms with Crippen LogP contribution >= 0.6 is 11.6 Å². The summed E-state index contributed by atoms with van der Waals surface area (Å²) >= 11 is 5.80. The van der Waals surface area contributed by atoms with Gasteiger partial charge in [-0.1, -0.05) is 35.9 Å². The van der Waals surface area contributed by atoms with Crippen LogP contribution in [-0.4, -0.2) is 25.7 Å². The molecule has 94 valence electrons. The standard InChI is InChI=1S/C12H10ClNO3S/c1-2-18(16,17)14-11-7-10(13)12(15)9-6-4-3-5-8(9)11/h3-7H,2H2,1H3/b14-11+. The smallest absolute Gasteiger partial charge is 0.253 e.